The van der Waals surface area contributed by atoms with Crippen LogP contribution in [0.2, 0.25) is 0 Å². The molecule has 0 atom stereocenters. The van der Waals surface area contributed by atoms with Crippen LogP contribution in [0.15, 0.2) is 41.2 Å². The maximum atomic E-state index is 12.7. The molecule has 1 N–H and O–H groups in total. The summed E-state index contributed by atoms with van der Waals surface area (Å²) in [6.07, 6.45) is 0. The number of anilines is 1. The number of rotatable bonds is 3. The minimum Gasteiger partial charge on any atom is -0.320 e. The van der Waals surface area contributed by atoms with Crippen molar-refractivity contribution in [3.63, 3.8) is 0 Å². The molecule has 5 heteroatoms. The SMILES string of the molecule is CCn1c(=O)c(C(=O)Nc2ccc(C)cc2)nc2cc(C)c(C)cc21. The average molecular weight is 335 g/mol. The second-order valence-corrected chi connectivity index (χ2v) is 6.26. The second-order valence-electron chi connectivity index (χ2n) is 6.26. The molecule has 0 fully saturated rings. The number of nitrogens with one attached hydrogen (secondary N) is 1. The van der Waals surface area contributed by atoms with Crippen molar-refractivity contribution in [2.45, 2.75) is 34.2 Å². The molecule has 128 valence electrons. The first-order valence-corrected chi connectivity index (χ1v) is 8.30. The van der Waals surface area contributed by atoms with E-state index in [4.69, 9.17) is 0 Å². The highest BCUT2D eigenvalue weighted by Gasteiger charge is 2.17. The molecule has 1 amide bonds. The van der Waals surface area contributed by atoms with Gasteiger partial charge in [0.15, 0.2) is 5.69 Å². The van der Waals surface area contributed by atoms with Crippen molar-refractivity contribution in [3.05, 3.63) is 69.1 Å². The van der Waals surface area contributed by atoms with Gasteiger partial charge in [0.1, 0.15) is 0 Å². The topological polar surface area (TPSA) is 64.0 Å². The Bertz CT molecular complexity index is 1020. The van der Waals surface area contributed by atoms with Crippen LogP contribution in [0, 0.1) is 20.8 Å². The van der Waals surface area contributed by atoms with E-state index in [1.807, 2.05) is 52.0 Å². The van der Waals surface area contributed by atoms with E-state index in [-0.39, 0.29) is 11.3 Å². The number of benzene rings is 2. The van der Waals surface area contributed by atoms with Gasteiger partial charge in [-0.1, -0.05) is 17.7 Å². The molecule has 0 aliphatic rings. The lowest BCUT2D eigenvalue weighted by atomic mass is 10.1. The zero-order chi connectivity index (χ0) is 18.1. The number of carbonyl (C=O) groups is 1. The molecule has 0 spiro atoms. The molecule has 0 unspecified atom stereocenters. The molecule has 0 radical (unpaired) electrons. The van der Waals surface area contributed by atoms with Gasteiger partial charge in [0.05, 0.1) is 11.0 Å². The standard InChI is InChI=1S/C20H21N3O2/c1-5-23-17-11-14(4)13(3)10-16(17)22-18(20(23)25)19(24)21-15-8-6-12(2)7-9-15/h6-11H,5H2,1-4H3,(H,21,24). The van der Waals surface area contributed by atoms with Crippen LogP contribution in [-0.2, 0) is 6.54 Å². The van der Waals surface area contributed by atoms with Gasteiger partial charge in [-0.25, -0.2) is 4.98 Å². The van der Waals surface area contributed by atoms with Gasteiger partial charge in [0.2, 0.25) is 0 Å². The van der Waals surface area contributed by atoms with E-state index in [2.05, 4.69) is 10.3 Å². The number of hydrogen-bond donors (Lipinski definition) is 1. The van der Waals surface area contributed by atoms with Gasteiger partial charge in [-0.05, 0) is 63.1 Å². The minimum atomic E-state index is -0.490. The Labute approximate surface area is 146 Å². The first-order valence-electron chi connectivity index (χ1n) is 8.30. The Balaban J connectivity index is 2.10. The van der Waals surface area contributed by atoms with Crippen LogP contribution in [0.4, 0.5) is 5.69 Å². The minimum absolute atomic E-state index is 0.0850. The molecule has 0 saturated carbocycles. The molecule has 2 aromatic carbocycles. The maximum Gasteiger partial charge on any atom is 0.282 e. The first-order chi connectivity index (χ1) is 11.9. The van der Waals surface area contributed by atoms with E-state index in [1.165, 1.54) is 0 Å². The Morgan fingerprint density at radius 2 is 1.72 bits per heavy atom. The normalized spacial score (nSPS) is 10.9. The van der Waals surface area contributed by atoms with Gasteiger partial charge in [0, 0.05) is 12.2 Å². The largest absolute Gasteiger partial charge is 0.320 e. The molecule has 0 aliphatic carbocycles. The highest BCUT2D eigenvalue weighted by molar-refractivity contribution is 6.03. The smallest absolute Gasteiger partial charge is 0.282 e. The number of fused-ring (bicyclic) bond motifs is 1. The molecule has 0 bridgehead atoms. The molecular weight excluding hydrogens is 314 g/mol. The van der Waals surface area contributed by atoms with Gasteiger partial charge in [-0.2, -0.15) is 0 Å². The summed E-state index contributed by atoms with van der Waals surface area (Å²) in [6, 6.07) is 11.3. The van der Waals surface area contributed by atoms with Gasteiger partial charge in [0.25, 0.3) is 11.5 Å². The lowest BCUT2D eigenvalue weighted by Gasteiger charge is -2.12. The monoisotopic (exact) mass is 335 g/mol. The fourth-order valence-corrected chi connectivity index (χ4v) is 2.79. The van der Waals surface area contributed by atoms with Crippen molar-refractivity contribution in [2.75, 3.05) is 5.32 Å². The number of aromatic nitrogens is 2. The highest BCUT2D eigenvalue weighted by Crippen LogP contribution is 2.17. The lowest BCUT2D eigenvalue weighted by molar-refractivity contribution is 0.102. The maximum absolute atomic E-state index is 12.7. The molecule has 0 aliphatic heterocycles. The van der Waals surface area contributed by atoms with Crippen LogP contribution < -0.4 is 10.9 Å². The first kappa shape index (κ1) is 16.9. The van der Waals surface area contributed by atoms with Crippen LogP contribution in [0.1, 0.15) is 34.1 Å². The van der Waals surface area contributed by atoms with E-state index in [0.29, 0.717) is 17.7 Å². The van der Waals surface area contributed by atoms with Crippen LogP contribution >= 0.6 is 0 Å². The third-order valence-corrected chi connectivity index (χ3v) is 4.40. The van der Waals surface area contributed by atoms with Crippen molar-refractivity contribution in [3.8, 4) is 0 Å². The number of amides is 1. The number of nitrogens with zero attached hydrogens (tertiary/aromatic N) is 2. The molecule has 25 heavy (non-hydrogen) atoms. The lowest BCUT2D eigenvalue weighted by Crippen LogP contribution is -2.31. The predicted octanol–water partition coefficient (Wildman–Crippen LogP) is 3.59. The van der Waals surface area contributed by atoms with Crippen molar-refractivity contribution >= 4 is 22.6 Å². The molecule has 3 rings (SSSR count). The summed E-state index contributed by atoms with van der Waals surface area (Å²) in [5, 5.41) is 2.75. The molecular formula is C20H21N3O2. The van der Waals surface area contributed by atoms with E-state index in [1.54, 1.807) is 16.7 Å². The fourth-order valence-electron chi connectivity index (χ4n) is 2.79. The van der Waals surface area contributed by atoms with E-state index in [9.17, 15) is 9.59 Å². The highest BCUT2D eigenvalue weighted by atomic mass is 16.2. The Kier molecular flexibility index (Phi) is 4.40. The fraction of sp³-hybridized carbons (Fsp3) is 0.250. The third kappa shape index (κ3) is 3.18. The summed E-state index contributed by atoms with van der Waals surface area (Å²) < 4.78 is 1.60. The number of carbonyl (C=O) groups excluding carboxylic acids is 1. The average Bonchev–Trinajstić information content (AvgIpc) is 2.58. The van der Waals surface area contributed by atoms with Crippen LogP contribution in [-0.4, -0.2) is 15.5 Å². The number of aryl methyl sites for hydroxylation is 4. The second kappa shape index (κ2) is 6.51. The van der Waals surface area contributed by atoms with Crippen LogP contribution in [0.25, 0.3) is 11.0 Å². The Hall–Kier alpha value is -2.95. The third-order valence-electron chi connectivity index (χ3n) is 4.40. The van der Waals surface area contributed by atoms with E-state index in [0.717, 1.165) is 22.2 Å². The zero-order valence-corrected chi connectivity index (χ0v) is 14.9. The van der Waals surface area contributed by atoms with E-state index >= 15 is 0 Å². The summed E-state index contributed by atoms with van der Waals surface area (Å²) in [5.74, 6) is -0.490. The number of hydrogen-bond acceptors (Lipinski definition) is 3. The molecule has 5 nitrogen and oxygen atoms in total. The van der Waals surface area contributed by atoms with Crippen LogP contribution in [0.3, 0.4) is 0 Å². The van der Waals surface area contributed by atoms with Crippen molar-refractivity contribution in [2.24, 2.45) is 0 Å². The van der Waals surface area contributed by atoms with E-state index < -0.39 is 5.91 Å². The summed E-state index contributed by atoms with van der Waals surface area (Å²) >= 11 is 0. The molecule has 1 aromatic heterocycles. The van der Waals surface area contributed by atoms with Gasteiger partial charge in [-0.3, -0.25) is 9.59 Å². The van der Waals surface area contributed by atoms with Crippen molar-refractivity contribution in [1.29, 1.82) is 0 Å². The zero-order valence-electron chi connectivity index (χ0n) is 14.9. The van der Waals surface area contributed by atoms with Gasteiger partial charge >= 0.3 is 0 Å². The molecule has 1 heterocycles. The van der Waals surface area contributed by atoms with Gasteiger partial charge < -0.3 is 9.88 Å². The van der Waals surface area contributed by atoms with Crippen molar-refractivity contribution < 1.29 is 4.79 Å². The quantitative estimate of drug-likeness (QED) is 0.795. The van der Waals surface area contributed by atoms with Crippen molar-refractivity contribution in [1.82, 2.24) is 9.55 Å². The Morgan fingerprint density at radius 3 is 2.36 bits per heavy atom. The summed E-state index contributed by atoms with van der Waals surface area (Å²) in [7, 11) is 0. The molecule has 0 saturated heterocycles. The molecule has 3 aromatic rings. The van der Waals surface area contributed by atoms with Crippen LogP contribution in [0.5, 0.6) is 0 Å². The summed E-state index contributed by atoms with van der Waals surface area (Å²) in [4.78, 5) is 29.7. The predicted molar refractivity (Wildman–Crippen MR) is 100 cm³/mol. The Morgan fingerprint density at radius 1 is 1.08 bits per heavy atom. The summed E-state index contributed by atoms with van der Waals surface area (Å²) in [5.41, 5.74) is 4.85. The van der Waals surface area contributed by atoms with Gasteiger partial charge in [-0.15, -0.1) is 0 Å². The summed E-state index contributed by atoms with van der Waals surface area (Å²) in [6.45, 7) is 8.32.